The van der Waals surface area contributed by atoms with E-state index in [0.29, 0.717) is 5.92 Å². The lowest BCUT2D eigenvalue weighted by Gasteiger charge is -2.25. The molecule has 1 aliphatic rings. The molecule has 0 saturated carbocycles. The maximum Gasteiger partial charge on any atom is 0.128 e. The van der Waals surface area contributed by atoms with E-state index in [4.69, 9.17) is 0 Å². The molecule has 0 radical (unpaired) electrons. The number of benzene rings is 2. The molecule has 104 valence electrons. The second-order valence-corrected chi connectivity index (χ2v) is 6.19. The summed E-state index contributed by atoms with van der Waals surface area (Å²) < 4.78 is 15.1. The zero-order chi connectivity index (χ0) is 14.1. The standard InChI is InChI=1S/C17H17BrFN/c1-20-17(15-10-12(18)7-9-16(15)19)14-8-6-11-4-2-3-5-13(11)14/h2-5,7,9-10,14,17,20H,6,8H2,1H3. The zero-order valence-electron chi connectivity index (χ0n) is 11.4. The number of hydrogen-bond donors (Lipinski definition) is 1. The summed E-state index contributed by atoms with van der Waals surface area (Å²) in [5, 5.41) is 3.31. The van der Waals surface area contributed by atoms with Gasteiger partial charge in [0.1, 0.15) is 5.82 Å². The third-order valence-electron chi connectivity index (χ3n) is 4.19. The number of halogens is 2. The Bertz CT molecular complexity index is 626. The first kappa shape index (κ1) is 13.8. The minimum absolute atomic E-state index is 0.0103. The van der Waals surface area contributed by atoms with Gasteiger partial charge in [0.15, 0.2) is 0 Å². The third-order valence-corrected chi connectivity index (χ3v) is 4.68. The van der Waals surface area contributed by atoms with Crippen molar-refractivity contribution in [3.05, 3.63) is 69.4 Å². The maximum absolute atomic E-state index is 14.2. The molecule has 1 aliphatic carbocycles. The summed E-state index contributed by atoms with van der Waals surface area (Å²) in [5.74, 6) is 0.192. The van der Waals surface area contributed by atoms with Crippen LogP contribution in [0, 0.1) is 5.82 Å². The Morgan fingerprint density at radius 3 is 2.85 bits per heavy atom. The van der Waals surface area contributed by atoms with Gasteiger partial charge in [0.25, 0.3) is 0 Å². The second-order valence-electron chi connectivity index (χ2n) is 5.28. The highest BCUT2D eigenvalue weighted by atomic mass is 79.9. The highest BCUT2D eigenvalue weighted by Crippen LogP contribution is 2.42. The minimum atomic E-state index is -0.142. The van der Waals surface area contributed by atoms with Crippen LogP contribution in [0.1, 0.15) is 35.1 Å². The van der Waals surface area contributed by atoms with Crippen LogP contribution in [0.2, 0.25) is 0 Å². The van der Waals surface area contributed by atoms with E-state index in [-0.39, 0.29) is 11.9 Å². The molecule has 0 aromatic heterocycles. The third kappa shape index (κ3) is 2.40. The van der Waals surface area contributed by atoms with Gasteiger partial charge in [-0.2, -0.15) is 0 Å². The van der Waals surface area contributed by atoms with Gasteiger partial charge in [-0.05, 0) is 49.2 Å². The molecule has 0 bridgehead atoms. The quantitative estimate of drug-likeness (QED) is 0.866. The van der Waals surface area contributed by atoms with Crippen molar-refractivity contribution in [1.29, 1.82) is 0 Å². The van der Waals surface area contributed by atoms with E-state index in [1.807, 2.05) is 13.1 Å². The van der Waals surface area contributed by atoms with Crippen LogP contribution in [0.15, 0.2) is 46.9 Å². The lowest BCUT2D eigenvalue weighted by Crippen LogP contribution is -2.23. The highest BCUT2D eigenvalue weighted by Gasteiger charge is 2.31. The first-order valence-corrected chi connectivity index (χ1v) is 7.70. The van der Waals surface area contributed by atoms with Crippen molar-refractivity contribution < 1.29 is 4.39 Å². The van der Waals surface area contributed by atoms with Gasteiger partial charge in [-0.15, -0.1) is 0 Å². The average Bonchev–Trinajstić information content (AvgIpc) is 2.88. The normalized spacial score (nSPS) is 18.9. The van der Waals surface area contributed by atoms with Crippen LogP contribution in [-0.2, 0) is 6.42 Å². The van der Waals surface area contributed by atoms with Crippen LogP contribution in [-0.4, -0.2) is 7.05 Å². The Labute approximate surface area is 127 Å². The molecule has 0 aliphatic heterocycles. The molecule has 1 nitrogen and oxygen atoms in total. The fraction of sp³-hybridized carbons (Fsp3) is 0.294. The number of nitrogens with one attached hydrogen (secondary N) is 1. The fourth-order valence-corrected chi connectivity index (χ4v) is 3.64. The monoisotopic (exact) mass is 333 g/mol. The smallest absolute Gasteiger partial charge is 0.128 e. The van der Waals surface area contributed by atoms with Crippen LogP contribution < -0.4 is 5.32 Å². The van der Waals surface area contributed by atoms with Gasteiger partial charge in [0.05, 0.1) is 0 Å². The van der Waals surface area contributed by atoms with Crippen molar-refractivity contribution in [3.63, 3.8) is 0 Å². The van der Waals surface area contributed by atoms with Crippen molar-refractivity contribution in [2.75, 3.05) is 7.05 Å². The number of rotatable bonds is 3. The Kier molecular flexibility index (Phi) is 3.90. The van der Waals surface area contributed by atoms with E-state index >= 15 is 0 Å². The van der Waals surface area contributed by atoms with Crippen molar-refractivity contribution in [2.45, 2.75) is 24.8 Å². The van der Waals surface area contributed by atoms with E-state index in [1.54, 1.807) is 6.07 Å². The van der Waals surface area contributed by atoms with Crippen molar-refractivity contribution in [3.8, 4) is 0 Å². The van der Waals surface area contributed by atoms with E-state index < -0.39 is 0 Å². The topological polar surface area (TPSA) is 12.0 Å². The van der Waals surface area contributed by atoms with Crippen LogP contribution in [0.5, 0.6) is 0 Å². The molecular formula is C17H17BrFN. The van der Waals surface area contributed by atoms with Crippen molar-refractivity contribution >= 4 is 15.9 Å². The Hall–Kier alpha value is -1.19. The molecule has 3 heteroatoms. The molecule has 2 aromatic rings. The van der Waals surface area contributed by atoms with Crippen LogP contribution >= 0.6 is 15.9 Å². The summed E-state index contributed by atoms with van der Waals surface area (Å²) in [4.78, 5) is 0. The van der Waals surface area contributed by atoms with Crippen molar-refractivity contribution in [2.24, 2.45) is 0 Å². The van der Waals surface area contributed by atoms with Gasteiger partial charge in [0.2, 0.25) is 0 Å². The molecule has 2 atom stereocenters. The molecule has 0 fully saturated rings. The SMILES string of the molecule is CNC(c1cc(Br)ccc1F)C1CCc2ccccc21. The van der Waals surface area contributed by atoms with Gasteiger partial charge in [-0.1, -0.05) is 40.2 Å². The minimum Gasteiger partial charge on any atom is -0.312 e. The number of likely N-dealkylation sites (N-methyl/N-ethyl adjacent to an activating group) is 1. The summed E-state index contributed by atoms with van der Waals surface area (Å²) in [6, 6.07) is 13.7. The first-order valence-electron chi connectivity index (χ1n) is 6.90. The zero-order valence-corrected chi connectivity index (χ0v) is 13.0. The summed E-state index contributed by atoms with van der Waals surface area (Å²) in [6.45, 7) is 0. The molecule has 1 N–H and O–H groups in total. The molecule has 20 heavy (non-hydrogen) atoms. The molecular weight excluding hydrogens is 317 g/mol. The van der Waals surface area contributed by atoms with E-state index in [2.05, 4.69) is 45.5 Å². The predicted molar refractivity (Wildman–Crippen MR) is 83.4 cm³/mol. The summed E-state index contributed by atoms with van der Waals surface area (Å²) in [7, 11) is 1.91. The fourth-order valence-electron chi connectivity index (χ4n) is 3.26. The summed E-state index contributed by atoms with van der Waals surface area (Å²) in [5.41, 5.74) is 3.49. The Balaban J connectivity index is 2.01. The lowest BCUT2D eigenvalue weighted by molar-refractivity contribution is 0.454. The van der Waals surface area contributed by atoms with Crippen LogP contribution in [0.4, 0.5) is 4.39 Å². The molecule has 0 amide bonds. The second kappa shape index (κ2) is 5.66. The van der Waals surface area contributed by atoms with E-state index in [0.717, 1.165) is 22.9 Å². The summed E-state index contributed by atoms with van der Waals surface area (Å²) >= 11 is 3.44. The lowest BCUT2D eigenvalue weighted by atomic mass is 9.88. The number of aryl methyl sites for hydroxylation is 1. The number of fused-ring (bicyclic) bond motifs is 1. The van der Waals surface area contributed by atoms with Gasteiger partial charge < -0.3 is 5.32 Å². The molecule has 2 unspecified atom stereocenters. The van der Waals surface area contributed by atoms with E-state index in [9.17, 15) is 4.39 Å². The molecule has 0 spiro atoms. The first-order chi connectivity index (χ1) is 9.70. The van der Waals surface area contributed by atoms with Gasteiger partial charge in [-0.3, -0.25) is 0 Å². The molecule has 0 saturated heterocycles. The summed E-state index contributed by atoms with van der Waals surface area (Å²) in [6.07, 6.45) is 2.14. The Morgan fingerprint density at radius 1 is 1.25 bits per heavy atom. The maximum atomic E-state index is 14.2. The highest BCUT2D eigenvalue weighted by molar-refractivity contribution is 9.10. The molecule has 3 rings (SSSR count). The van der Waals surface area contributed by atoms with Gasteiger partial charge in [0, 0.05) is 22.0 Å². The molecule has 0 heterocycles. The predicted octanol–water partition coefficient (Wildman–Crippen LogP) is 4.58. The van der Waals surface area contributed by atoms with E-state index in [1.165, 1.54) is 17.2 Å². The largest absolute Gasteiger partial charge is 0.312 e. The average molecular weight is 334 g/mol. The van der Waals surface area contributed by atoms with Crippen molar-refractivity contribution in [1.82, 2.24) is 5.32 Å². The van der Waals surface area contributed by atoms with Crippen LogP contribution in [0.25, 0.3) is 0 Å². The van der Waals surface area contributed by atoms with Gasteiger partial charge >= 0.3 is 0 Å². The number of hydrogen-bond acceptors (Lipinski definition) is 1. The van der Waals surface area contributed by atoms with Crippen LogP contribution in [0.3, 0.4) is 0 Å². The Morgan fingerprint density at radius 2 is 2.05 bits per heavy atom. The van der Waals surface area contributed by atoms with Gasteiger partial charge in [-0.25, -0.2) is 4.39 Å². The molecule has 2 aromatic carbocycles.